The molecule has 1 unspecified atom stereocenters. The molecular weight excluding hydrogens is 222 g/mol. The molecule has 96 valence electrons. The molecule has 2 aliphatic rings. The predicted octanol–water partition coefficient (Wildman–Crippen LogP) is 1.72. The van der Waals surface area contributed by atoms with Gasteiger partial charge in [0.15, 0.2) is 0 Å². The molecule has 1 N–H and O–H groups in total. The molecule has 0 aliphatic carbocycles. The summed E-state index contributed by atoms with van der Waals surface area (Å²) in [6.07, 6.45) is -0.0429. The molecule has 3 atom stereocenters. The Kier molecular flexibility index (Phi) is 2.79. The van der Waals surface area contributed by atoms with Gasteiger partial charge in [-0.15, -0.1) is 0 Å². The van der Waals surface area contributed by atoms with Gasteiger partial charge in [0.2, 0.25) is 0 Å². The number of carbonyl (C=O) groups excluding carboxylic acids is 1. The summed E-state index contributed by atoms with van der Waals surface area (Å²) in [5.41, 5.74) is -0.230. The number of piperidine rings is 1. The zero-order valence-corrected chi connectivity index (χ0v) is 10.5. The van der Waals surface area contributed by atoms with Crippen LogP contribution in [0.1, 0.15) is 33.6 Å². The molecule has 5 heteroatoms. The first-order chi connectivity index (χ1) is 7.80. The number of nitrogens with zero attached hydrogens (tertiary/aromatic N) is 1. The number of amides is 1. The lowest BCUT2D eigenvalue weighted by molar-refractivity contribution is -0.147. The van der Waals surface area contributed by atoms with Crippen molar-refractivity contribution < 1.29 is 19.4 Å². The molecule has 0 aromatic rings. The van der Waals surface area contributed by atoms with Crippen LogP contribution in [0, 0.1) is 11.3 Å². The Morgan fingerprint density at radius 3 is 2.65 bits per heavy atom. The third-order valence-electron chi connectivity index (χ3n) is 3.68. The van der Waals surface area contributed by atoms with E-state index < -0.39 is 6.09 Å². The highest BCUT2D eigenvalue weighted by Crippen LogP contribution is 2.41. The summed E-state index contributed by atoms with van der Waals surface area (Å²) in [6, 6.07) is -0.245. The Bertz CT molecular complexity index is 347. The summed E-state index contributed by atoms with van der Waals surface area (Å²) >= 11 is 0. The minimum Gasteiger partial charge on any atom is -0.465 e. The van der Waals surface area contributed by atoms with Crippen LogP contribution in [-0.4, -0.2) is 40.8 Å². The number of carbonyl (C=O) groups is 2. The second-order valence-corrected chi connectivity index (χ2v) is 5.99. The average Bonchev–Trinajstić information content (AvgIpc) is 2.53. The molecule has 1 amide bonds. The normalized spacial score (nSPS) is 33.2. The maximum Gasteiger partial charge on any atom is 0.407 e. The van der Waals surface area contributed by atoms with Gasteiger partial charge >= 0.3 is 12.1 Å². The van der Waals surface area contributed by atoms with E-state index >= 15 is 0 Å². The van der Waals surface area contributed by atoms with Gasteiger partial charge in [0.1, 0.15) is 6.10 Å². The molecule has 0 spiro atoms. The van der Waals surface area contributed by atoms with Gasteiger partial charge in [-0.25, -0.2) is 4.79 Å². The first-order valence-electron chi connectivity index (χ1n) is 6.00. The molecular formula is C12H19NO4. The first kappa shape index (κ1) is 12.2. The van der Waals surface area contributed by atoms with Crippen molar-refractivity contribution in [3.63, 3.8) is 0 Å². The Labute approximate surface area is 101 Å². The summed E-state index contributed by atoms with van der Waals surface area (Å²) in [7, 11) is 0. The summed E-state index contributed by atoms with van der Waals surface area (Å²) in [6.45, 7) is 6.46. The number of esters is 1. The second-order valence-electron chi connectivity index (χ2n) is 5.99. The van der Waals surface area contributed by atoms with Crippen molar-refractivity contribution in [3.8, 4) is 0 Å². The van der Waals surface area contributed by atoms with E-state index in [0.717, 1.165) is 6.42 Å². The Hall–Kier alpha value is -1.26. The third kappa shape index (κ3) is 2.10. The second kappa shape index (κ2) is 3.89. The predicted molar refractivity (Wildman–Crippen MR) is 60.6 cm³/mol. The van der Waals surface area contributed by atoms with E-state index in [1.165, 1.54) is 4.90 Å². The highest BCUT2D eigenvalue weighted by Gasteiger charge is 2.51. The van der Waals surface area contributed by atoms with Crippen LogP contribution in [0.3, 0.4) is 0 Å². The lowest BCUT2D eigenvalue weighted by atomic mass is 9.75. The highest BCUT2D eigenvalue weighted by atomic mass is 16.6. The summed E-state index contributed by atoms with van der Waals surface area (Å²) < 4.78 is 5.34. The van der Waals surface area contributed by atoms with Gasteiger partial charge in [0.05, 0.1) is 12.5 Å². The Morgan fingerprint density at radius 2 is 2.12 bits per heavy atom. The van der Waals surface area contributed by atoms with Crippen molar-refractivity contribution in [1.82, 2.24) is 4.90 Å². The quantitative estimate of drug-likeness (QED) is 0.656. The van der Waals surface area contributed by atoms with E-state index in [2.05, 4.69) is 0 Å². The first-order valence-corrected chi connectivity index (χ1v) is 6.00. The van der Waals surface area contributed by atoms with E-state index in [-0.39, 0.29) is 29.4 Å². The van der Waals surface area contributed by atoms with Gasteiger partial charge < -0.3 is 14.7 Å². The van der Waals surface area contributed by atoms with E-state index in [4.69, 9.17) is 4.74 Å². The molecule has 2 saturated heterocycles. The van der Waals surface area contributed by atoms with Crippen LogP contribution in [-0.2, 0) is 9.53 Å². The lowest BCUT2D eigenvalue weighted by Crippen LogP contribution is -2.58. The summed E-state index contributed by atoms with van der Waals surface area (Å²) in [5, 5.41) is 9.24. The number of likely N-dealkylation sites (tertiary alicyclic amines) is 1. The van der Waals surface area contributed by atoms with Crippen LogP contribution in [0.25, 0.3) is 0 Å². The average molecular weight is 241 g/mol. The van der Waals surface area contributed by atoms with Crippen molar-refractivity contribution in [2.75, 3.05) is 6.54 Å². The molecule has 2 rings (SSSR count). The van der Waals surface area contributed by atoms with Gasteiger partial charge in [-0.05, 0) is 11.8 Å². The summed E-state index contributed by atoms with van der Waals surface area (Å²) in [5.74, 6) is -0.0104. The molecule has 2 heterocycles. The molecule has 0 aromatic heterocycles. The van der Waals surface area contributed by atoms with Crippen LogP contribution in [0.4, 0.5) is 4.79 Å². The van der Waals surface area contributed by atoms with Crippen LogP contribution in [0.5, 0.6) is 0 Å². The molecule has 0 bridgehead atoms. The third-order valence-corrected chi connectivity index (χ3v) is 3.68. The summed E-state index contributed by atoms with van der Waals surface area (Å²) in [4.78, 5) is 24.1. The number of hydrogen-bond donors (Lipinski definition) is 1. The van der Waals surface area contributed by atoms with E-state index in [1.807, 2.05) is 20.8 Å². The SMILES string of the molecule is CC(C)(C)C1[C@H]2OC(=O)C[C@H]2CCN1C(=O)O. The van der Waals surface area contributed by atoms with Crippen LogP contribution in [0.15, 0.2) is 0 Å². The molecule has 0 saturated carbocycles. The fraction of sp³-hybridized carbons (Fsp3) is 0.833. The number of fused-ring (bicyclic) bond motifs is 1. The largest absolute Gasteiger partial charge is 0.465 e. The van der Waals surface area contributed by atoms with Crippen molar-refractivity contribution in [2.24, 2.45) is 11.3 Å². The Balaban J connectivity index is 2.30. The molecule has 0 radical (unpaired) electrons. The van der Waals surface area contributed by atoms with E-state index in [1.54, 1.807) is 0 Å². The Morgan fingerprint density at radius 1 is 1.47 bits per heavy atom. The van der Waals surface area contributed by atoms with Crippen LogP contribution >= 0.6 is 0 Å². The van der Waals surface area contributed by atoms with Gasteiger partial charge in [-0.1, -0.05) is 20.8 Å². The van der Waals surface area contributed by atoms with Gasteiger partial charge in [-0.2, -0.15) is 0 Å². The van der Waals surface area contributed by atoms with E-state index in [0.29, 0.717) is 13.0 Å². The van der Waals surface area contributed by atoms with Crippen molar-refractivity contribution in [1.29, 1.82) is 0 Å². The minimum absolute atomic E-state index is 0.183. The fourth-order valence-electron chi connectivity index (χ4n) is 3.01. The van der Waals surface area contributed by atoms with Crippen LogP contribution in [0.2, 0.25) is 0 Å². The fourth-order valence-corrected chi connectivity index (χ4v) is 3.01. The number of hydrogen-bond acceptors (Lipinski definition) is 3. The van der Waals surface area contributed by atoms with E-state index in [9.17, 15) is 14.7 Å². The van der Waals surface area contributed by atoms with Gasteiger partial charge in [-0.3, -0.25) is 4.79 Å². The molecule has 0 aromatic carbocycles. The highest BCUT2D eigenvalue weighted by molar-refractivity contribution is 5.73. The standard InChI is InChI=1S/C12H19NO4/c1-12(2,3)10-9-7(6-8(14)17-9)4-5-13(10)11(15)16/h7,9-10H,4-6H2,1-3H3,(H,15,16)/t7-,9+,10?/m1/s1. The lowest BCUT2D eigenvalue weighted by Gasteiger charge is -2.46. The molecule has 2 fully saturated rings. The van der Waals surface area contributed by atoms with Crippen molar-refractivity contribution in [2.45, 2.75) is 45.8 Å². The molecule has 2 aliphatic heterocycles. The topological polar surface area (TPSA) is 66.8 Å². The maximum atomic E-state index is 11.4. The zero-order chi connectivity index (χ0) is 12.8. The zero-order valence-electron chi connectivity index (χ0n) is 10.5. The molecule has 5 nitrogen and oxygen atoms in total. The molecule has 17 heavy (non-hydrogen) atoms. The van der Waals surface area contributed by atoms with Crippen molar-refractivity contribution in [3.05, 3.63) is 0 Å². The van der Waals surface area contributed by atoms with Gasteiger partial charge in [0.25, 0.3) is 0 Å². The monoisotopic (exact) mass is 241 g/mol. The smallest absolute Gasteiger partial charge is 0.407 e. The maximum absolute atomic E-state index is 11.4. The van der Waals surface area contributed by atoms with Gasteiger partial charge in [0, 0.05) is 12.5 Å². The number of carboxylic acid groups (broad SMARTS) is 1. The van der Waals surface area contributed by atoms with Crippen LogP contribution < -0.4 is 0 Å². The number of ether oxygens (including phenoxy) is 1. The van der Waals surface area contributed by atoms with Crippen molar-refractivity contribution >= 4 is 12.1 Å². The number of rotatable bonds is 0. The minimum atomic E-state index is -0.925.